The molecule has 0 aromatic heterocycles. The van der Waals surface area contributed by atoms with Gasteiger partial charge in [-0.3, -0.25) is 9.59 Å². The molecule has 2 fully saturated rings. The van der Waals surface area contributed by atoms with Crippen LogP contribution in [0.2, 0.25) is 0 Å². The summed E-state index contributed by atoms with van der Waals surface area (Å²) in [6.45, 7) is 4.32. The number of carbonyl (C=O) groups is 2. The molecule has 6 heteroatoms. The lowest BCUT2D eigenvalue weighted by atomic mass is 9.88. The standard InChI is InChI=1S/C14H24N2O4/c1-2-20-12(17)11-4-3-7-16(10-11)13(18)14(15)5-8-19-9-6-14/h11H,2-10,15H2,1H3. The summed E-state index contributed by atoms with van der Waals surface area (Å²) in [7, 11) is 0. The topological polar surface area (TPSA) is 81.9 Å². The average molecular weight is 284 g/mol. The minimum Gasteiger partial charge on any atom is -0.466 e. The average Bonchev–Trinajstić information content (AvgIpc) is 2.47. The number of esters is 1. The van der Waals surface area contributed by atoms with Gasteiger partial charge < -0.3 is 20.1 Å². The van der Waals surface area contributed by atoms with Gasteiger partial charge in [0.25, 0.3) is 0 Å². The van der Waals surface area contributed by atoms with E-state index in [1.54, 1.807) is 11.8 Å². The lowest BCUT2D eigenvalue weighted by Gasteiger charge is -2.39. The van der Waals surface area contributed by atoms with Gasteiger partial charge in [-0.15, -0.1) is 0 Å². The van der Waals surface area contributed by atoms with Gasteiger partial charge in [0.05, 0.1) is 18.1 Å². The van der Waals surface area contributed by atoms with Crippen molar-refractivity contribution in [1.29, 1.82) is 0 Å². The fourth-order valence-electron chi connectivity index (χ4n) is 2.88. The van der Waals surface area contributed by atoms with Crippen LogP contribution in [0.1, 0.15) is 32.6 Å². The first-order chi connectivity index (χ1) is 9.57. The van der Waals surface area contributed by atoms with Crippen LogP contribution in [0, 0.1) is 5.92 Å². The van der Waals surface area contributed by atoms with E-state index in [1.165, 1.54) is 0 Å². The third-order valence-corrected chi connectivity index (χ3v) is 4.14. The Morgan fingerprint density at radius 3 is 2.75 bits per heavy atom. The van der Waals surface area contributed by atoms with Gasteiger partial charge >= 0.3 is 5.97 Å². The molecule has 1 atom stereocenters. The highest BCUT2D eigenvalue weighted by Gasteiger charge is 2.41. The number of nitrogens with two attached hydrogens (primary N) is 1. The number of likely N-dealkylation sites (tertiary alicyclic amines) is 1. The number of ether oxygens (including phenoxy) is 2. The van der Waals surface area contributed by atoms with Gasteiger partial charge in [-0.05, 0) is 32.6 Å². The quantitative estimate of drug-likeness (QED) is 0.754. The van der Waals surface area contributed by atoms with Crippen molar-refractivity contribution < 1.29 is 19.1 Å². The Bertz CT molecular complexity index is 366. The molecule has 2 rings (SSSR count). The second-order valence-electron chi connectivity index (χ2n) is 5.61. The predicted octanol–water partition coefficient (Wildman–Crippen LogP) is 0.296. The van der Waals surface area contributed by atoms with Crippen molar-refractivity contribution in [2.75, 3.05) is 32.9 Å². The highest BCUT2D eigenvalue weighted by atomic mass is 16.5. The van der Waals surface area contributed by atoms with Gasteiger partial charge in [-0.1, -0.05) is 0 Å². The molecule has 1 unspecified atom stereocenters. The predicted molar refractivity (Wildman–Crippen MR) is 72.9 cm³/mol. The van der Waals surface area contributed by atoms with E-state index in [0.717, 1.165) is 12.8 Å². The van der Waals surface area contributed by atoms with Crippen LogP contribution in [-0.4, -0.2) is 55.2 Å². The van der Waals surface area contributed by atoms with Crippen molar-refractivity contribution >= 4 is 11.9 Å². The van der Waals surface area contributed by atoms with Crippen LogP contribution >= 0.6 is 0 Å². The number of rotatable bonds is 3. The largest absolute Gasteiger partial charge is 0.466 e. The van der Waals surface area contributed by atoms with E-state index in [4.69, 9.17) is 15.2 Å². The molecule has 20 heavy (non-hydrogen) atoms. The van der Waals surface area contributed by atoms with Crippen LogP contribution in [-0.2, 0) is 19.1 Å². The summed E-state index contributed by atoms with van der Waals surface area (Å²) < 4.78 is 10.3. The summed E-state index contributed by atoms with van der Waals surface area (Å²) in [4.78, 5) is 26.1. The lowest BCUT2D eigenvalue weighted by Crippen LogP contribution is -2.59. The van der Waals surface area contributed by atoms with E-state index in [2.05, 4.69) is 0 Å². The normalized spacial score (nSPS) is 26.1. The molecule has 0 aromatic rings. The molecule has 0 saturated carbocycles. The van der Waals surface area contributed by atoms with E-state index in [-0.39, 0.29) is 17.8 Å². The van der Waals surface area contributed by atoms with E-state index in [9.17, 15) is 9.59 Å². The van der Waals surface area contributed by atoms with Crippen molar-refractivity contribution in [3.05, 3.63) is 0 Å². The van der Waals surface area contributed by atoms with Gasteiger partial charge in [0.15, 0.2) is 0 Å². The Kier molecular flexibility index (Phi) is 4.99. The zero-order chi connectivity index (χ0) is 14.6. The summed E-state index contributed by atoms with van der Waals surface area (Å²) >= 11 is 0. The first-order valence-electron chi connectivity index (χ1n) is 7.39. The molecule has 0 bridgehead atoms. The number of hydrogen-bond acceptors (Lipinski definition) is 5. The van der Waals surface area contributed by atoms with Gasteiger partial charge in [-0.2, -0.15) is 0 Å². The van der Waals surface area contributed by atoms with Gasteiger partial charge in [0, 0.05) is 26.3 Å². The number of carbonyl (C=O) groups excluding carboxylic acids is 2. The fourth-order valence-corrected chi connectivity index (χ4v) is 2.88. The molecule has 0 aliphatic carbocycles. The third kappa shape index (κ3) is 3.30. The lowest BCUT2D eigenvalue weighted by molar-refractivity contribution is -0.153. The summed E-state index contributed by atoms with van der Waals surface area (Å²) in [6, 6.07) is 0. The summed E-state index contributed by atoms with van der Waals surface area (Å²) in [6.07, 6.45) is 2.70. The second kappa shape index (κ2) is 6.54. The van der Waals surface area contributed by atoms with Gasteiger partial charge in [-0.25, -0.2) is 0 Å². The maximum Gasteiger partial charge on any atom is 0.310 e. The minimum absolute atomic E-state index is 0.0465. The van der Waals surface area contributed by atoms with Crippen molar-refractivity contribution in [3.63, 3.8) is 0 Å². The Morgan fingerprint density at radius 2 is 2.10 bits per heavy atom. The number of hydrogen-bond donors (Lipinski definition) is 1. The summed E-state index contributed by atoms with van der Waals surface area (Å²) in [5.41, 5.74) is 5.40. The first kappa shape index (κ1) is 15.3. The summed E-state index contributed by atoms with van der Waals surface area (Å²) in [5.74, 6) is -0.464. The maximum absolute atomic E-state index is 12.6. The smallest absolute Gasteiger partial charge is 0.310 e. The van der Waals surface area contributed by atoms with Crippen LogP contribution in [0.25, 0.3) is 0 Å². The third-order valence-electron chi connectivity index (χ3n) is 4.14. The molecule has 2 saturated heterocycles. The zero-order valence-electron chi connectivity index (χ0n) is 12.1. The van der Waals surface area contributed by atoms with E-state index in [0.29, 0.717) is 45.8 Å². The molecule has 2 N–H and O–H groups in total. The summed E-state index contributed by atoms with van der Waals surface area (Å²) in [5, 5.41) is 0. The van der Waals surface area contributed by atoms with Crippen LogP contribution in [0.4, 0.5) is 0 Å². The maximum atomic E-state index is 12.6. The van der Waals surface area contributed by atoms with Crippen molar-refractivity contribution in [1.82, 2.24) is 4.90 Å². The van der Waals surface area contributed by atoms with Gasteiger partial charge in [0.1, 0.15) is 0 Å². The van der Waals surface area contributed by atoms with Crippen molar-refractivity contribution in [3.8, 4) is 0 Å². The molecular weight excluding hydrogens is 260 g/mol. The number of piperidine rings is 1. The van der Waals surface area contributed by atoms with Crippen molar-refractivity contribution in [2.24, 2.45) is 11.7 Å². The molecular formula is C14H24N2O4. The van der Waals surface area contributed by atoms with E-state index >= 15 is 0 Å². The molecule has 114 valence electrons. The Morgan fingerprint density at radius 1 is 1.40 bits per heavy atom. The Hall–Kier alpha value is -1.14. The molecule has 1 amide bonds. The highest BCUT2D eigenvalue weighted by molar-refractivity contribution is 5.87. The number of amides is 1. The Balaban J connectivity index is 1.97. The molecule has 6 nitrogen and oxygen atoms in total. The SMILES string of the molecule is CCOC(=O)C1CCCN(C(=O)C2(N)CCOCC2)C1. The molecule has 2 heterocycles. The fraction of sp³-hybridized carbons (Fsp3) is 0.857. The molecule has 0 spiro atoms. The molecule has 2 aliphatic heterocycles. The van der Waals surface area contributed by atoms with Crippen LogP contribution in [0.5, 0.6) is 0 Å². The minimum atomic E-state index is -0.825. The van der Waals surface area contributed by atoms with Crippen LogP contribution < -0.4 is 5.73 Å². The monoisotopic (exact) mass is 284 g/mol. The highest BCUT2D eigenvalue weighted by Crippen LogP contribution is 2.25. The van der Waals surface area contributed by atoms with Crippen LogP contribution in [0.15, 0.2) is 0 Å². The van der Waals surface area contributed by atoms with E-state index < -0.39 is 5.54 Å². The van der Waals surface area contributed by atoms with Crippen molar-refractivity contribution in [2.45, 2.75) is 38.1 Å². The number of nitrogens with zero attached hydrogens (tertiary/aromatic N) is 1. The molecule has 2 aliphatic rings. The zero-order valence-corrected chi connectivity index (χ0v) is 12.1. The van der Waals surface area contributed by atoms with Gasteiger partial charge in [0.2, 0.25) is 5.91 Å². The molecule has 0 radical (unpaired) electrons. The second-order valence-corrected chi connectivity index (χ2v) is 5.61. The molecule has 0 aromatic carbocycles. The van der Waals surface area contributed by atoms with E-state index in [1.807, 2.05) is 0 Å². The van der Waals surface area contributed by atoms with Crippen LogP contribution in [0.3, 0.4) is 0 Å². The Labute approximate surface area is 119 Å². The first-order valence-corrected chi connectivity index (χ1v) is 7.39.